The predicted octanol–water partition coefficient (Wildman–Crippen LogP) is 3.27. The van der Waals surface area contributed by atoms with Crippen molar-refractivity contribution < 1.29 is 0 Å². The summed E-state index contributed by atoms with van der Waals surface area (Å²) >= 11 is 7.92. The molecule has 0 aromatic carbocycles. The van der Waals surface area contributed by atoms with E-state index >= 15 is 0 Å². The third kappa shape index (κ3) is 2.58. The second-order valence-electron chi connectivity index (χ2n) is 4.31. The van der Waals surface area contributed by atoms with Gasteiger partial charge in [-0.05, 0) is 20.4 Å². The maximum atomic E-state index is 6.30. The molecule has 4 nitrogen and oxygen atoms in total. The molecule has 0 saturated carbocycles. The highest BCUT2D eigenvalue weighted by Gasteiger charge is 2.23. The van der Waals surface area contributed by atoms with Gasteiger partial charge in [0.05, 0.1) is 28.5 Å². The van der Waals surface area contributed by atoms with Gasteiger partial charge in [-0.1, -0.05) is 18.5 Å². The van der Waals surface area contributed by atoms with Crippen LogP contribution in [0.3, 0.4) is 0 Å². The number of nitrogens with one attached hydrogen (secondary N) is 1. The summed E-state index contributed by atoms with van der Waals surface area (Å²) < 4.78 is 1.97. The zero-order valence-corrected chi connectivity index (χ0v) is 12.3. The highest BCUT2D eigenvalue weighted by Crippen LogP contribution is 2.31. The quantitative estimate of drug-likeness (QED) is 0.916. The third-order valence-electron chi connectivity index (χ3n) is 2.69. The maximum Gasteiger partial charge on any atom is 0.0873 e. The van der Waals surface area contributed by atoms with Crippen molar-refractivity contribution in [2.45, 2.75) is 32.9 Å². The molecule has 2 aromatic heterocycles. The monoisotopic (exact) mass is 284 g/mol. The van der Waals surface area contributed by atoms with Gasteiger partial charge in [0.2, 0.25) is 0 Å². The van der Waals surface area contributed by atoms with E-state index in [4.69, 9.17) is 11.6 Å². The minimum Gasteiger partial charge on any atom is -0.304 e. The summed E-state index contributed by atoms with van der Waals surface area (Å²) in [5.74, 6) is 0. The van der Waals surface area contributed by atoms with Crippen molar-refractivity contribution in [1.82, 2.24) is 20.1 Å². The number of thiazole rings is 1. The lowest BCUT2D eigenvalue weighted by molar-refractivity contribution is 0.478. The molecule has 18 heavy (non-hydrogen) atoms. The third-order valence-corrected chi connectivity index (χ3v) is 3.83. The summed E-state index contributed by atoms with van der Waals surface area (Å²) in [6.07, 6.45) is 3.59. The van der Waals surface area contributed by atoms with Crippen LogP contribution in [0.25, 0.3) is 0 Å². The Balaban J connectivity index is 2.45. The maximum absolute atomic E-state index is 6.30. The molecule has 0 aliphatic heterocycles. The normalized spacial score (nSPS) is 13.2. The first-order chi connectivity index (χ1) is 8.65. The van der Waals surface area contributed by atoms with Crippen LogP contribution < -0.4 is 5.32 Å². The number of aromatic nitrogens is 3. The molecular weight excluding hydrogens is 268 g/mol. The first-order valence-electron chi connectivity index (χ1n) is 5.99. The summed E-state index contributed by atoms with van der Waals surface area (Å²) in [6.45, 7) is 7.14. The van der Waals surface area contributed by atoms with Crippen LogP contribution in [0.1, 0.15) is 43.4 Å². The minimum absolute atomic E-state index is 0.0555. The van der Waals surface area contributed by atoms with E-state index in [0.29, 0.717) is 5.02 Å². The zero-order chi connectivity index (χ0) is 13.1. The lowest BCUT2D eigenvalue weighted by Crippen LogP contribution is -2.25. The van der Waals surface area contributed by atoms with Crippen molar-refractivity contribution in [3.8, 4) is 0 Å². The number of hydrogen-bond acceptors (Lipinski definition) is 4. The van der Waals surface area contributed by atoms with Crippen molar-refractivity contribution in [2.24, 2.45) is 0 Å². The fourth-order valence-corrected chi connectivity index (χ4v) is 2.87. The van der Waals surface area contributed by atoms with E-state index in [0.717, 1.165) is 17.1 Å². The molecule has 0 amide bonds. The number of rotatable bonds is 5. The van der Waals surface area contributed by atoms with Gasteiger partial charge >= 0.3 is 0 Å². The van der Waals surface area contributed by atoms with Crippen LogP contribution in [0.5, 0.6) is 0 Å². The molecule has 0 saturated heterocycles. The van der Waals surface area contributed by atoms with Gasteiger partial charge in [-0.2, -0.15) is 5.10 Å². The number of nitrogens with zero attached hydrogens (tertiary/aromatic N) is 3. The highest BCUT2D eigenvalue weighted by molar-refractivity contribution is 7.09. The Kier molecular flexibility index (Phi) is 4.37. The Bertz CT molecular complexity index is 492. The summed E-state index contributed by atoms with van der Waals surface area (Å²) in [5.41, 5.74) is 2.85. The van der Waals surface area contributed by atoms with Gasteiger partial charge in [-0.25, -0.2) is 0 Å². The van der Waals surface area contributed by atoms with E-state index < -0.39 is 0 Å². The number of hydrogen-bond donors (Lipinski definition) is 1. The SMILES string of the molecule is CCNC(c1cncs1)c1c(Cl)cnn1C(C)C. The minimum atomic E-state index is 0.0555. The molecule has 2 rings (SSSR count). The van der Waals surface area contributed by atoms with E-state index in [1.165, 1.54) is 0 Å². The second-order valence-corrected chi connectivity index (χ2v) is 5.64. The lowest BCUT2D eigenvalue weighted by atomic mass is 10.1. The van der Waals surface area contributed by atoms with Gasteiger partial charge in [-0.3, -0.25) is 9.67 Å². The molecule has 1 N–H and O–H groups in total. The molecule has 0 fully saturated rings. The Morgan fingerprint density at radius 2 is 2.22 bits per heavy atom. The van der Waals surface area contributed by atoms with Gasteiger partial charge in [0.15, 0.2) is 0 Å². The van der Waals surface area contributed by atoms with Gasteiger partial charge < -0.3 is 5.32 Å². The fourth-order valence-electron chi connectivity index (χ4n) is 1.94. The second kappa shape index (κ2) is 5.82. The van der Waals surface area contributed by atoms with Gasteiger partial charge in [-0.15, -0.1) is 11.3 Å². The fraction of sp³-hybridized carbons (Fsp3) is 0.500. The molecule has 2 aromatic rings. The van der Waals surface area contributed by atoms with E-state index in [1.807, 2.05) is 16.4 Å². The molecule has 0 aliphatic carbocycles. The van der Waals surface area contributed by atoms with E-state index in [-0.39, 0.29) is 12.1 Å². The van der Waals surface area contributed by atoms with Crippen LogP contribution in [0, 0.1) is 0 Å². The molecule has 0 aliphatic rings. The van der Waals surface area contributed by atoms with Crippen molar-refractivity contribution in [1.29, 1.82) is 0 Å². The molecule has 98 valence electrons. The van der Waals surface area contributed by atoms with Crippen LogP contribution in [0.4, 0.5) is 0 Å². The van der Waals surface area contributed by atoms with Gasteiger partial charge in [0.1, 0.15) is 0 Å². The van der Waals surface area contributed by atoms with Crippen LogP contribution in [0.15, 0.2) is 17.9 Å². The summed E-state index contributed by atoms with van der Waals surface area (Å²) in [4.78, 5) is 5.30. The number of halogens is 1. The summed E-state index contributed by atoms with van der Waals surface area (Å²) in [7, 11) is 0. The van der Waals surface area contributed by atoms with Crippen molar-refractivity contribution in [2.75, 3.05) is 6.54 Å². The molecule has 0 bridgehead atoms. The van der Waals surface area contributed by atoms with Crippen LogP contribution in [-0.2, 0) is 0 Å². The predicted molar refractivity (Wildman–Crippen MR) is 75.3 cm³/mol. The summed E-state index contributed by atoms with van der Waals surface area (Å²) in [5, 5.41) is 8.50. The van der Waals surface area contributed by atoms with E-state index in [2.05, 4.69) is 36.2 Å². The standard InChI is InChI=1S/C12H17ClN4S/c1-4-15-11(10-6-14-7-18-10)12-9(13)5-16-17(12)8(2)3/h5-8,11,15H,4H2,1-3H3. The molecule has 1 atom stereocenters. The zero-order valence-electron chi connectivity index (χ0n) is 10.7. The van der Waals surface area contributed by atoms with Crippen molar-refractivity contribution >= 4 is 22.9 Å². The topological polar surface area (TPSA) is 42.7 Å². The average Bonchev–Trinajstić information content (AvgIpc) is 2.95. The van der Waals surface area contributed by atoms with Crippen molar-refractivity contribution in [3.63, 3.8) is 0 Å². The van der Waals surface area contributed by atoms with Crippen LogP contribution >= 0.6 is 22.9 Å². The van der Waals surface area contributed by atoms with Gasteiger partial charge in [0, 0.05) is 17.1 Å². The molecule has 0 radical (unpaired) electrons. The molecular formula is C12H17ClN4S. The van der Waals surface area contributed by atoms with Crippen LogP contribution in [-0.4, -0.2) is 21.3 Å². The average molecular weight is 285 g/mol. The smallest absolute Gasteiger partial charge is 0.0873 e. The molecule has 1 unspecified atom stereocenters. The largest absolute Gasteiger partial charge is 0.304 e. The first kappa shape index (κ1) is 13.5. The van der Waals surface area contributed by atoms with Crippen LogP contribution in [0.2, 0.25) is 5.02 Å². The van der Waals surface area contributed by atoms with Crippen molar-refractivity contribution in [3.05, 3.63) is 33.5 Å². The van der Waals surface area contributed by atoms with E-state index in [1.54, 1.807) is 17.5 Å². The Hall–Kier alpha value is -0.910. The van der Waals surface area contributed by atoms with E-state index in [9.17, 15) is 0 Å². The lowest BCUT2D eigenvalue weighted by Gasteiger charge is -2.20. The first-order valence-corrected chi connectivity index (χ1v) is 7.25. The molecule has 2 heterocycles. The Morgan fingerprint density at radius 1 is 1.44 bits per heavy atom. The van der Waals surface area contributed by atoms with Gasteiger partial charge in [0.25, 0.3) is 0 Å². The highest BCUT2D eigenvalue weighted by atomic mass is 35.5. The molecule has 6 heteroatoms. The summed E-state index contributed by atoms with van der Waals surface area (Å²) in [6, 6.07) is 0.335. The Morgan fingerprint density at radius 3 is 2.78 bits per heavy atom. The Labute approximate surface area is 116 Å². The molecule has 0 spiro atoms.